The summed E-state index contributed by atoms with van der Waals surface area (Å²) >= 11 is 6.53. The summed E-state index contributed by atoms with van der Waals surface area (Å²) < 4.78 is 58.8. The first-order valence-corrected chi connectivity index (χ1v) is 13.7. The van der Waals surface area contributed by atoms with Crippen molar-refractivity contribution in [1.82, 2.24) is 4.98 Å². The highest BCUT2D eigenvalue weighted by molar-refractivity contribution is 6.31. The molecule has 2 aliphatic rings. The number of aromatic nitrogens is 2. The Balaban J connectivity index is 1.52. The van der Waals surface area contributed by atoms with Crippen LogP contribution in [0, 0.1) is 23.0 Å². The van der Waals surface area contributed by atoms with E-state index >= 15 is 4.39 Å². The molecule has 8 nitrogen and oxygen atoms in total. The molecule has 2 aromatic heterocycles. The van der Waals surface area contributed by atoms with Crippen LogP contribution in [0.5, 0.6) is 0 Å². The predicted molar refractivity (Wildman–Crippen MR) is 145 cm³/mol. The Bertz CT molecular complexity index is 1820. The largest absolute Gasteiger partial charge is 0.482 e. The minimum absolute atomic E-state index is 0.00216. The summed E-state index contributed by atoms with van der Waals surface area (Å²) in [5.74, 6) is -6.25. The van der Waals surface area contributed by atoms with Gasteiger partial charge in [0, 0.05) is 29.3 Å². The lowest BCUT2D eigenvalue weighted by atomic mass is 9.88. The quantitative estimate of drug-likeness (QED) is 0.223. The van der Waals surface area contributed by atoms with Crippen molar-refractivity contribution in [2.75, 3.05) is 9.80 Å². The van der Waals surface area contributed by atoms with Gasteiger partial charge in [0.05, 0.1) is 30.2 Å². The van der Waals surface area contributed by atoms with Gasteiger partial charge in [-0.2, -0.15) is 5.26 Å². The Hall–Kier alpha value is -4.63. The Morgan fingerprint density at radius 2 is 1.88 bits per heavy atom. The lowest BCUT2D eigenvalue weighted by molar-refractivity contribution is -0.701. The minimum Gasteiger partial charge on any atom is -0.289 e. The smallest absolute Gasteiger partial charge is 0.289 e. The summed E-state index contributed by atoms with van der Waals surface area (Å²) in [4.78, 5) is 46.9. The molecule has 0 N–H and O–H groups in total. The van der Waals surface area contributed by atoms with E-state index in [2.05, 4.69) is 4.98 Å². The summed E-state index contributed by atoms with van der Waals surface area (Å²) in [5, 5.41) is 9.43. The average molecular weight is 611 g/mol. The van der Waals surface area contributed by atoms with E-state index in [0.717, 1.165) is 32.6 Å². The van der Waals surface area contributed by atoms with Crippen molar-refractivity contribution in [1.29, 1.82) is 5.26 Å². The molecule has 0 spiro atoms. The molecule has 1 aliphatic heterocycles. The van der Waals surface area contributed by atoms with Crippen molar-refractivity contribution in [2.24, 2.45) is 0 Å². The zero-order valence-electron chi connectivity index (χ0n) is 22.2. The van der Waals surface area contributed by atoms with Crippen LogP contribution < -0.4 is 19.9 Å². The molecule has 2 atom stereocenters. The zero-order valence-corrected chi connectivity index (χ0v) is 22.9. The molecule has 0 radical (unpaired) electrons. The van der Waals surface area contributed by atoms with Gasteiger partial charge in [-0.3, -0.25) is 19.4 Å². The highest BCUT2D eigenvalue weighted by Crippen LogP contribution is 2.45. The first-order chi connectivity index (χ1) is 20.5. The van der Waals surface area contributed by atoms with Crippen LogP contribution in [0.25, 0.3) is 0 Å². The number of rotatable bonds is 7. The van der Waals surface area contributed by atoms with Crippen LogP contribution in [-0.2, 0) is 9.59 Å². The molecule has 43 heavy (non-hydrogen) atoms. The Morgan fingerprint density at radius 3 is 2.58 bits per heavy atom. The van der Waals surface area contributed by atoms with Crippen molar-refractivity contribution in [3.63, 3.8) is 0 Å². The van der Waals surface area contributed by atoms with Gasteiger partial charge in [0.1, 0.15) is 23.5 Å². The Morgan fingerprint density at radius 1 is 1.14 bits per heavy atom. The third-order valence-electron chi connectivity index (χ3n) is 7.82. The van der Waals surface area contributed by atoms with Crippen LogP contribution in [0.1, 0.15) is 54.6 Å². The van der Waals surface area contributed by atoms with Gasteiger partial charge in [-0.25, -0.2) is 27.3 Å². The van der Waals surface area contributed by atoms with E-state index in [1.54, 1.807) is 12.1 Å². The number of nitriles is 1. The molecule has 4 aromatic rings. The maximum atomic E-state index is 15.5. The molecular weight excluding hydrogens is 590 g/mol. The fraction of sp³-hybridized carbons (Fsp3) is 0.267. The van der Waals surface area contributed by atoms with E-state index in [1.807, 2.05) is 6.07 Å². The number of hydrogen-bond acceptors (Lipinski definition) is 5. The van der Waals surface area contributed by atoms with E-state index in [4.69, 9.17) is 11.6 Å². The molecule has 218 valence electrons. The Labute approximate surface area is 247 Å². The number of hydrogen-bond donors (Lipinski definition) is 0. The number of benzene rings is 2. The van der Waals surface area contributed by atoms with Gasteiger partial charge < -0.3 is 0 Å². The van der Waals surface area contributed by atoms with Gasteiger partial charge in [-0.05, 0) is 36.8 Å². The molecule has 0 bridgehead atoms. The summed E-state index contributed by atoms with van der Waals surface area (Å²) in [7, 11) is 0. The Kier molecular flexibility index (Phi) is 7.01. The number of anilines is 2. The summed E-state index contributed by atoms with van der Waals surface area (Å²) in [6.07, 6.45) is -0.0236. The van der Waals surface area contributed by atoms with Crippen molar-refractivity contribution in [3.8, 4) is 6.07 Å². The molecule has 3 heterocycles. The van der Waals surface area contributed by atoms with Crippen LogP contribution in [0.4, 0.5) is 29.1 Å². The molecule has 13 heteroatoms. The number of halogens is 5. The summed E-state index contributed by atoms with van der Waals surface area (Å²) in [5.41, 5.74) is -0.934. The minimum atomic E-state index is -2.96. The number of pyridine rings is 1. The van der Waals surface area contributed by atoms with Gasteiger partial charge in [0.25, 0.3) is 11.8 Å². The number of alkyl halides is 2. The first kappa shape index (κ1) is 28.5. The first-order valence-electron chi connectivity index (χ1n) is 13.3. The zero-order chi connectivity index (χ0) is 30.6. The molecule has 2 amide bonds. The number of carbonyl (C=O) groups excluding carboxylic acids is 2. The predicted octanol–water partition coefficient (Wildman–Crippen LogP) is 4.70. The second kappa shape index (κ2) is 10.6. The van der Waals surface area contributed by atoms with Crippen molar-refractivity contribution >= 4 is 34.9 Å². The normalized spacial score (nSPS) is 18.8. The topological polar surface area (TPSA) is 98.2 Å². The van der Waals surface area contributed by atoms with E-state index < -0.39 is 71.6 Å². The van der Waals surface area contributed by atoms with Crippen LogP contribution in [0.3, 0.4) is 0 Å². The monoisotopic (exact) mass is 610 g/mol. The fourth-order valence-electron chi connectivity index (χ4n) is 5.74. The van der Waals surface area contributed by atoms with Gasteiger partial charge >= 0.3 is 11.3 Å². The van der Waals surface area contributed by atoms with E-state index in [-0.39, 0.29) is 40.5 Å². The van der Waals surface area contributed by atoms with E-state index in [0.29, 0.717) is 0 Å². The van der Waals surface area contributed by atoms with Crippen molar-refractivity contribution < 1.29 is 31.7 Å². The van der Waals surface area contributed by atoms with E-state index in [1.165, 1.54) is 30.5 Å². The standard InChI is InChI=1S/C30H21ClF4N5O3/c31-20-4-2-1-3-19(20)26(27-29(43)38(27)18-13-30(34,35)14-18)40(23-12-17(32)5-6-21(23)33)28(42)22-7-8-25(41)39(22)24-11-16(15-36)9-10-37-24/h1-6,9-12,18,22,26H,7-8,13-14H2/q+1. The fourth-order valence-corrected chi connectivity index (χ4v) is 5.98. The second-order valence-corrected chi connectivity index (χ2v) is 10.9. The molecular formula is C30H21ClF4N5O3+. The lowest BCUT2D eigenvalue weighted by Gasteiger charge is -2.34. The number of carbonyl (C=O) groups is 2. The molecule has 6 rings (SSSR count). The van der Waals surface area contributed by atoms with Crippen LogP contribution in [-0.4, -0.2) is 28.8 Å². The van der Waals surface area contributed by atoms with Crippen LogP contribution in [0.15, 0.2) is 65.6 Å². The van der Waals surface area contributed by atoms with Gasteiger partial charge in [-0.15, -0.1) is 4.57 Å². The van der Waals surface area contributed by atoms with Crippen LogP contribution >= 0.6 is 11.6 Å². The molecule has 1 saturated carbocycles. The molecule has 1 aliphatic carbocycles. The molecule has 2 aromatic carbocycles. The molecule has 2 fully saturated rings. The average Bonchev–Trinajstić information content (AvgIpc) is 3.45. The van der Waals surface area contributed by atoms with Crippen LogP contribution in [0.2, 0.25) is 5.02 Å². The summed E-state index contributed by atoms with van der Waals surface area (Å²) in [6, 6.07) is 9.66. The van der Waals surface area contributed by atoms with Gasteiger partial charge in [-0.1, -0.05) is 29.8 Å². The highest BCUT2D eigenvalue weighted by Gasteiger charge is 2.60. The third-order valence-corrected chi connectivity index (χ3v) is 8.17. The summed E-state index contributed by atoms with van der Waals surface area (Å²) in [6.45, 7) is 0. The maximum absolute atomic E-state index is 15.5. The van der Waals surface area contributed by atoms with Crippen molar-refractivity contribution in [3.05, 3.63) is 105 Å². The van der Waals surface area contributed by atoms with Crippen molar-refractivity contribution in [2.45, 2.75) is 49.7 Å². The lowest BCUT2D eigenvalue weighted by Crippen LogP contribution is -2.52. The van der Waals surface area contributed by atoms with E-state index in [9.17, 15) is 32.8 Å². The van der Waals surface area contributed by atoms with Gasteiger partial charge in [0.15, 0.2) is 12.1 Å². The molecule has 2 unspecified atom stereocenters. The number of nitrogens with zero attached hydrogens (tertiary/aromatic N) is 5. The SMILES string of the molecule is N#Cc1ccnc(N2C(=O)CCC2C(=O)N(c2cc(F)ccc2F)C(c2ccccc2Cl)c2c(=O)[n+]2C2CC(F)(F)C2)c1. The highest BCUT2D eigenvalue weighted by atomic mass is 35.5. The maximum Gasteiger partial charge on any atom is 0.482 e. The third kappa shape index (κ3) is 5.03. The van der Waals surface area contributed by atoms with Gasteiger partial charge in [0.2, 0.25) is 5.91 Å². The second-order valence-electron chi connectivity index (χ2n) is 10.5. The number of amides is 2. The molecule has 1 saturated heterocycles.